The lowest BCUT2D eigenvalue weighted by molar-refractivity contribution is 0.0497. The fraction of sp³-hybridized carbons (Fsp3) is 0.444. The largest absolute Gasteiger partial charge is 0.399 e. The quantitative estimate of drug-likeness (QED) is 0.549. The number of aromatic amines is 1. The van der Waals surface area contributed by atoms with Crippen molar-refractivity contribution in [3.05, 3.63) is 52.4 Å². The van der Waals surface area contributed by atoms with Crippen molar-refractivity contribution in [2.45, 2.75) is 25.7 Å². The molecule has 172 valence electrons. The zero-order chi connectivity index (χ0) is 23.3. The topological polar surface area (TPSA) is 74.6 Å². The average Bonchev–Trinajstić information content (AvgIpc) is 3.17. The summed E-state index contributed by atoms with van der Waals surface area (Å²) >= 11 is 0. The van der Waals surface area contributed by atoms with E-state index in [1.165, 1.54) is 5.70 Å². The lowest BCUT2D eigenvalue weighted by Crippen LogP contribution is -2.41. The molecule has 2 aromatic rings. The van der Waals surface area contributed by atoms with Crippen molar-refractivity contribution < 1.29 is 9.53 Å². The van der Waals surface area contributed by atoms with E-state index in [-0.39, 0.29) is 17.1 Å². The molecule has 1 saturated heterocycles. The van der Waals surface area contributed by atoms with Crippen LogP contribution in [0.25, 0.3) is 10.9 Å². The monoisotopic (exact) mass is 444 g/mol. The van der Waals surface area contributed by atoms with Crippen molar-refractivity contribution in [3.8, 4) is 11.8 Å². The molecule has 1 unspecified atom stereocenters. The Morgan fingerprint density at radius 3 is 2.76 bits per heavy atom. The number of nitrogens with one attached hydrogen (secondary N) is 1. The number of nitrogens with two attached hydrogens (primary N) is 1. The molecule has 1 fully saturated rings. The molecule has 1 atom stereocenters. The second-order valence-corrected chi connectivity index (χ2v) is 10.0. The molecule has 1 aromatic carbocycles. The van der Waals surface area contributed by atoms with Gasteiger partial charge in [0.2, 0.25) is 0 Å². The van der Waals surface area contributed by atoms with E-state index in [2.05, 4.69) is 46.5 Å². The van der Waals surface area contributed by atoms with Crippen LogP contribution in [-0.4, -0.2) is 67.5 Å². The van der Waals surface area contributed by atoms with Crippen LogP contribution in [0.1, 0.15) is 36.3 Å². The van der Waals surface area contributed by atoms with E-state index in [1.807, 2.05) is 32.3 Å². The van der Waals surface area contributed by atoms with Crippen molar-refractivity contribution in [2.24, 2.45) is 5.92 Å². The van der Waals surface area contributed by atoms with Gasteiger partial charge in [0.15, 0.2) is 5.78 Å². The molecule has 3 aliphatic rings. The van der Waals surface area contributed by atoms with Gasteiger partial charge in [-0.25, -0.2) is 0 Å². The third kappa shape index (κ3) is 3.66. The summed E-state index contributed by atoms with van der Waals surface area (Å²) < 4.78 is 5.60. The number of fused-ring (bicyclic) bond motifs is 3. The van der Waals surface area contributed by atoms with Gasteiger partial charge in [-0.3, -0.25) is 9.69 Å². The van der Waals surface area contributed by atoms with Crippen molar-refractivity contribution in [1.82, 2.24) is 14.8 Å². The second-order valence-electron chi connectivity index (χ2n) is 10.0. The smallest absolute Gasteiger partial charge is 0.191 e. The SMILES string of the molecule is CN(C)CC#CC1CC2=C(C=C1N1CCOCC1)C(C)(C)c1[nH]c3cc(N)ccc3c1C2=O. The molecule has 2 aliphatic carbocycles. The highest BCUT2D eigenvalue weighted by Crippen LogP contribution is 2.48. The summed E-state index contributed by atoms with van der Waals surface area (Å²) in [5.74, 6) is 6.94. The first-order valence-corrected chi connectivity index (χ1v) is 11.6. The maximum absolute atomic E-state index is 13.9. The summed E-state index contributed by atoms with van der Waals surface area (Å²) in [4.78, 5) is 21.9. The number of nitrogens with zero attached hydrogens (tertiary/aromatic N) is 2. The van der Waals surface area contributed by atoms with Gasteiger partial charge in [0.25, 0.3) is 0 Å². The highest BCUT2D eigenvalue weighted by atomic mass is 16.5. The minimum atomic E-state index is -0.327. The van der Waals surface area contributed by atoms with E-state index < -0.39 is 0 Å². The van der Waals surface area contributed by atoms with Crippen LogP contribution in [0.4, 0.5) is 5.69 Å². The molecule has 0 spiro atoms. The van der Waals surface area contributed by atoms with Gasteiger partial charge in [-0.2, -0.15) is 0 Å². The maximum Gasteiger partial charge on any atom is 0.191 e. The highest BCUT2D eigenvalue weighted by molar-refractivity contribution is 6.20. The van der Waals surface area contributed by atoms with E-state index in [0.717, 1.165) is 59.6 Å². The summed E-state index contributed by atoms with van der Waals surface area (Å²) in [7, 11) is 4.04. The number of morpholine rings is 1. The number of rotatable bonds is 2. The first-order valence-electron chi connectivity index (χ1n) is 11.6. The van der Waals surface area contributed by atoms with E-state index in [0.29, 0.717) is 18.7 Å². The van der Waals surface area contributed by atoms with E-state index in [1.54, 1.807) is 0 Å². The summed E-state index contributed by atoms with van der Waals surface area (Å²) in [6.07, 6.45) is 2.89. The Morgan fingerprint density at radius 2 is 2.03 bits per heavy atom. The Labute approximate surface area is 195 Å². The van der Waals surface area contributed by atoms with Gasteiger partial charge in [0.1, 0.15) is 0 Å². The molecule has 1 aromatic heterocycles. The highest BCUT2D eigenvalue weighted by Gasteiger charge is 2.43. The van der Waals surface area contributed by atoms with Crippen LogP contribution in [0, 0.1) is 17.8 Å². The molecular weight excluding hydrogens is 412 g/mol. The van der Waals surface area contributed by atoms with Gasteiger partial charge in [0.05, 0.1) is 31.2 Å². The Kier molecular flexibility index (Phi) is 5.35. The van der Waals surface area contributed by atoms with E-state index in [4.69, 9.17) is 10.5 Å². The number of Topliss-reactive ketones (excluding diaryl/α,β-unsaturated/α-hetero) is 1. The summed E-state index contributed by atoms with van der Waals surface area (Å²) in [5, 5.41) is 0.946. The number of nitrogen functional groups attached to an aromatic ring is 1. The van der Waals surface area contributed by atoms with Crippen LogP contribution >= 0.6 is 0 Å². The van der Waals surface area contributed by atoms with Gasteiger partial charge in [0, 0.05) is 52.1 Å². The van der Waals surface area contributed by atoms with Crippen molar-refractivity contribution >= 4 is 22.4 Å². The fourth-order valence-corrected chi connectivity index (χ4v) is 5.32. The zero-order valence-electron chi connectivity index (χ0n) is 19.9. The number of hydrogen-bond donors (Lipinski definition) is 2. The van der Waals surface area contributed by atoms with Gasteiger partial charge in [-0.15, -0.1) is 0 Å². The molecular formula is C27H32N4O2. The van der Waals surface area contributed by atoms with E-state index in [9.17, 15) is 4.79 Å². The molecule has 2 heterocycles. The number of allylic oxidation sites excluding steroid dienone is 4. The Hall–Kier alpha value is -3.01. The van der Waals surface area contributed by atoms with Crippen molar-refractivity contribution in [3.63, 3.8) is 0 Å². The molecule has 33 heavy (non-hydrogen) atoms. The number of hydrogen-bond acceptors (Lipinski definition) is 5. The predicted octanol–water partition coefficient (Wildman–Crippen LogP) is 3.32. The zero-order valence-corrected chi connectivity index (χ0v) is 19.9. The summed E-state index contributed by atoms with van der Waals surface area (Å²) in [6, 6.07) is 5.75. The fourth-order valence-electron chi connectivity index (χ4n) is 5.32. The predicted molar refractivity (Wildman–Crippen MR) is 132 cm³/mol. The minimum absolute atomic E-state index is 0.00366. The number of benzene rings is 1. The average molecular weight is 445 g/mol. The third-order valence-electron chi connectivity index (χ3n) is 7.05. The van der Waals surface area contributed by atoms with Gasteiger partial charge in [-0.1, -0.05) is 31.8 Å². The number of carbonyl (C=O) groups excluding carboxylic acids is 1. The molecule has 6 heteroatoms. The first kappa shape index (κ1) is 21.8. The lowest BCUT2D eigenvalue weighted by atomic mass is 9.66. The number of ketones is 1. The molecule has 0 saturated carbocycles. The minimum Gasteiger partial charge on any atom is -0.399 e. The van der Waals surface area contributed by atoms with Gasteiger partial charge >= 0.3 is 0 Å². The molecule has 0 amide bonds. The number of ether oxygens (including phenoxy) is 1. The van der Waals surface area contributed by atoms with Crippen LogP contribution in [0.3, 0.4) is 0 Å². The number of anilines is 1. The Bertz CT molecular complexity index is 1250. The number of aromatic nitrogens is 1. The van der Waals surface area contributed by atoms with Crippen LogP contribution in [0.5, 0.6) is 0 Å². The van der Waals surface area contributed by atoms with Crippen LogP contribution < -0.4 is 5.73 Å². The van der Waals surface area contributed by atoms with Crippen LogP contribution in [-0.2, 0) is 10.2 Å². The second kappa shape index (κ2) is 8.09. The first-order chi connectivity index (χ1) is 15.8. The standard InChI is InChI=1S/C27H32N4O2/c1-27(2)21-16-23(31-10-12-33-13-11-31)17(6-5-9-30(3)4)14-20(21)25(32)24-19-8-7-18(28)15-22(19)29-26(24)27/h7-8,15-17,29H,9-14,28H2,1-4H3. The molecule has 1 aliphatic heterocycles. The Balaban J connectivity index is 1.63. The number of carbonyl (C=O) groups is 1. The lowest BCUT2D eigenvalue weighted by Gasteiger charge is -2.41. The van der Waals surface area contributed by atoms with Crippen LogP contribution in [0.2, 0.25) is 0 Å². The normalized spacial score (nSPS) is 22.1. The molecule has 0 bridgehead atoms. The van der Waals surface area contributed by atoms with Crippen LogP contribution in [0.15, 0.2) is 41.1 Å². The molecule has 6 nitrogen and oxygen atoms in total. The number of H-pyrrole nitrogens is 1. The maximum atomic E-state index is 13.9. The molecule has 5 rings (SSSR count). The summed E-state index contributed by atoms with van der Waals surface area (Å²) in [6.45, 7) is 8.26. The van der Waals surface area contributed by atoms with E-state index >= 15 is 0 Å². The van der Waals surface area contributed by atoms with Crippen molar-refractivity contribution in [1.29, 1.82) is 0 Å². The van der Waals surface area contributed by atoms with Gasteiger partial charge in [-0.05, 0) is 44.3 Å². The summed E-state index contributed by atoms with van der Waals surface area (Å²) in [5.41, 5.74) is 12.3. The third-order valence-corrected chi connectivity index (χ3v) is 7.05. The Morgan fingerprint density at radius 1 is 1.27 bits per heavy atom. The van der Waals surface area contributed by atoms with Crippen molar-refractivity contribution in [2.75, 3.05) is 52.7 Å². The van der Waals surface area contributed by atoms with Gasteiger partial charge < -0.3 is 20.4 Å². The molecule has 0 radical (unpaired) electrons. The molecule has 3 N–H and O–H groups in total.